The van der Waals surface area contributed by atoms with E-state index in [4.69, 9.17) is 0 Å². The molecule has 1 heterocycles. The van der Waals surface area contributed by atoms with Crippen LogP contribution in [0.2, 0.25) is 0 Å². The lowest BCUT2D eigenvalue weighted by molar-refractivity contribution is 0.102. The van der Waals surface area contributed by atoms with Gasteiger partial charge in [-0.15, -0.1) is 11.3 Å². The van der Waals surface area contributed by atoms with Gasteiger partial charge in [0.2, 0.25) is 0 Å². The number of hydrogen-bond acceptors (Lipinski definition) is 5. The lowest BCUT2D eigenvalue weighted by Gasteiger charge is -2.19. The second kappa shape index (κ2) is 8.07. The Hall–Kier alpha value is -3.15. The van der Waals surface area contributed by atoms with Crippen LogP contribution in [-0.2, 0) is 10.0 Å². The van der Waals surface area contributed by atoms with Gasteiger partial charge < -0.3 is 5.32 Å². The summed E-state index contributed by atoms with van der Waals surface area (Å²) >= 11 is 1.34. The molecule has 0 radical (unpaired) electrons. The van der Waals surface area contributed by atoms with E-state index in [0.717, 1.165) is 10.4 Å². The van der Waals surface area contributed by atoms with Gasteiger partial charge >= 0.3 is 0 Å². The van der Waals surface area contributed by atoms with E-state index in [1.807, 2.05) is 19.9 Å². The van der Waals surface area contributed by atoms with Gasteiger partial charge in [0.05, 0.1) is 16.1 Å². The molecule has 0 atom stereocenters. The molecular formula is C21H19N3O3S2. The average molecular weight is 426 g/mol. The van der Waals surface area contributed by atoms with Crippen LogP contribution >= 0.6 is 11.3 Å². The maximum absolute atomic E-state index is 12.8. The number of nitrogens with zero attached hydrogens (tertiary/aromatic N) is 2. The number of nitriles is 1. The van der Waals surface area contributed by atoms with E-state index >= 15 is 0 Å². The molecule has 8 heteroatoms. The molecule has 0 aliphatic carbocycles. The Morgan fingerprint density at radius 3 is 2.28 bits per heavy atom. The third-order valence-corrected chi connectivity index (χ3v) is 7.54. The smallest absolute Gasteiger partial charge is 0.264 e. The van der Waals surface area contributed by atoms with Crippen LogP contribution in [0.4, 0.5) is 10.7 Å². The van der Waals surface area contributed by atoms with Gasteiger partial charge in [0.15, 0.2) is 0 Å². The van der Waals surface area contributed by atoms with Crippen LogP contribution in [0.5, 0.6) is 0 Å². The van der Waals surface area contributed by atoms with E-state index in [9.17, 15) is 18.5 Å². The summed E-state index contributed by atoms with van der Waals surface area (Å²) in [5.74, 6) is -0.400. The zero-order chi connectivity index (χ0) is 21.2. The first-order valence-electron chi connectivity index (χ1n) is 8.71. The van der Waals surface area contributed by atoms with Crippen molar-refractivity contribution in [2.24, 2.45) is 0 Å². The molecule has 3 aromatic rings. The number of benzene rings is 2. The van der Waals surface area contributed by atoms with Crippen molar-refractivity contribution in [1.82, 2.24) is 0 Å². The molecule has 2 aromatic carbocycles. The minimum atomic E-state index is -3.75. The van der Waals surface area contributed by atoms with Gasteiger partial charge in [-0.1, -0.05) is 18.2 Å². The van der Waals surface area contributed by atoms with Crippen molar-refractivity contribution >= 4 is 38.0 Å². The normalized spacial score (nSPS) is 11.0. The molecule has 148 valence electrons. The third kappa shape index (κ3) is 4.01. The molecule has 0 unspecified atom stereocenters. The number of anilines is 2. The minimum Gasteiger partial charge on any atom is -0.312 e. The van der Waals surface area contributed by atoms with Crippen molar-refractivity contribution in [2.75, 3.05) is 16.7 Å². The van der Waals surface area contributed by atoms with Gasteiger partial charge in [0, 0.05) is 17.5 Å². The number of carbonyl (C=O) groups excluding carboxylic acids is 1. The number of amides is 1. The second-order valence-electron chi connectivity index (χ2n) is 6.39. The van der Waals surface area contributed by atoms with Crippen molar-refractivity contribution < 1.29 is 13.2 Å². The Balaban J connectivity index is 1.82. The topological polar surface area (TPSA) is 90.3 Å². The molecule has 0 aliphatic heterocycles. The summed E-state index contributed by atoms with van der Waals surface area (Å²) in [6.07, 6.45) is 0. The number of rotatable bonds is 5. The standard InChI is InChI=1S/C21H19N3O3S2/c1-14-15(2)28-21(19(14)13-22)23-20(25)16-9-11-18(12-10-16)29(26,27)24(3)17-7-5-4-6-8-17/h4-12H,1-3H3,(H,23,25). The van der Waals surface area contributed by atoms with E-state index in [0.29, 0.717) is 21.8 Å². The van der Waals surface area contributed by atoms with Crippen LogP contribution in [0.3, 0.4) is 0 Å². The van der Waals surface area contributed by atoms with Gasteiger partial charge in [-0.25, -0.2) is 8.42 Å². The summed E-state index contributed by atoms with van der Waals surface area (Å²) in [7, 11) is -2.26. The van der Waals surface area contributed by atoms with E-state index in [1.54, 1.807) is 24.3 Å². The first-order valence-corrected chi connectivity index (χ1v) is 11.0. The third-order valence-electron chi connectivity index (χ3n) is 4.62. The highest BCUT2D eigenvalue weighted by molar-refractivity contribution is 7.92. The van der Waals surface area contributed by atoms with Crippen LogP contribution in [0.1, 0.15) is 26.4 Å². The molecule has 0 bridgehead atoms. The van der Waals surface area contributed by atoms with Crippen molar-refractivity contribution in [3.63, 3.8) is 0 Å². The molecule has 0 saturated carbocycles. The van der Waals surface area contributed by atoms with Crippen molar-refractivity contribution in [3.05, 3.63) is 76.2 Å². The van der Waals surface area contributed by atoms with Gasteiger partial charge in [0.1, 0.15) is 11.1 Å². The fraction of sp³-hybridized carbons (Fsp3) is 0.143. The summed E-state index contributed by atoms with van der Waals surface area (Å²) in [6.45, 7) is 3.72. The van der Waals surface area contributed by atoms with E-state index < -0.39 is 15.9 Å². The van der Waals surface area contributed by atoms with Crippen LogP contribution < -0.4 is 9.62 Å². The van der Waals surface area contributed by atoms with Gasteiger partial charge in [-0.05, 0) is 55.8 Å². The SMILES string of the molecule is Cc1sc(NC(=O)c2ccc(S(=O)(=O)N(C)c3ccccc3)cc2)c(C#N)c1C. The highest BCUT2D eigenvalue weighted by Crippen LogP contribution is 2.32. The predicted molar refractivity (Wildman–Crippen MR) is 115 cm³/mol. The summed E-state index contributed by atoms with van der Waals surface area (Å²) in [5, 5.41) is 12.5. The lowest BCUT2D eigenvalue weighted by atomic mass is 10.2. The molecule has 0 spiro atoms. The van der Waals surface area contributed by atoms with Crippen molar-refractivity contribution in [1.29, 1.82) is 5.26 Å². The van der Waals surface area contributed by atoms with Gasteiger partial charge in [-0.3, -0.25) is 9.10 Å². The number of nitrogens with one attached hydrogen (secondary N) is 1. The molecule has 0 aliphatic rings. The summed E-state index contributed by atoms with van der Waals surface area (Å²) in [4.78, 5) is 13.6. The molecule has 1 aromatic heterocycles. The molecule has 0 saturated heterocycles. The van der Waals surface area contributed by atoms with E-state index in [2.05, 4.69) is 11.4 Å². The van der Waals surface area contributed by atoms with E-state index in [-0.39, 0.29) is 4.90 Å². The van der Waals surface area contributed by atoms with E-state index in [1.165, 1.54) is 47.0 Å². The molecule has 1 N–H and O–H groups in total. The number of hydrogen-bond donors (Lipinski definition) is 1. The van der Waals surface area contributed by atoms with Crippen molar-refractivity contribution in [3.8, 4) is 6.07 Å². The molecule has 6 nitrogen and oxygen atoms in total. The Labute approximate surface area is 174 Å². The molecule has 1 amide bonds. The quantitative estimate of drug-likeness (QED) is 0.659. The summed E-state index contributed by atoms with van der Waals surface area (Å²) in [6, 6.07) is 16.6. The number of thiophene rings is 1. The number of para-hydroxylation sites is 1. The minimum absolute atomic E-state index is 0.0842. The first kappa shape index (κ1) is 20.6. The highest BCUT2D eigenvalue weighted by atomic mass is 32.2. The largest absolute Gasteiger partial charge is 0.312 e. The van der Waals surface area contributed by atoms with Gasteiger partial charge in [-0.2, -0.15) is 5.26 Å². The van der Waals surface area contributed by atoms with Crippen molar-refractivity contribution in [2.45, 2.75) is 18.7 Å². The monoisotopic (exact) mass is 425 g/mol. The van der Waals surface area contributed by atoms with Crippen LogP contribution in [0, 0.1) is 25.2 Å². The molecule has 0 fully saturated rings. The maximum atomic E-state index is 12.8. The zero-order valence-corrected chi connectivity index (χ0v) is 17.8. The molecular weight excluding hydrogens is 406 g/mol. The predicted octanol–water partition coefficient (Wildman–Crippen LogP) is 4.31. The Bertz CT molecular complexity index is 1190. The number of aryl methyl sites for hydroxylation is 1. The fourth-order valence-electron chi connectivity index (χ4n) is 2.74. The fourth-order valence-corrected chi connectivity index (χ4v) is 4.94. The zero-order valence-electron chi connectivity index (χ0n) is 16.1. The summed E-state index contributed by atoms with van der Waals surface area (Å²) < 4.78 is 26.8. The van der Waals surface area contributed by atoms with Crippen LogP contribution in [0.15, 0.2) is 59.5 Å². The van der Waals surface area contributed by atoms with Crippen LogP contribution in [-0.4, -0.2) is 21.4 Å². The Kier molecular flexibility index (Phi) is 5.73. The summed E-state index contributed by atoms with van der Waals surface area (Å²) in [5.41, 5.74) is 2.14. The highest BCUT2D eigenvalue weighted by Gasteiger charge is 2.22. The number of sulfonamides is 1. The van der Waals surface area contributed by atoms with Gasteiger partial charge in [0.25, 0.3) is 15.9 Å². The lowest BCUT2D eigenvalue weighted by Crippen LogP contribution is -2.26. The first-order chi connectivity index (χ1) is 13.8. The number of carbonyl (C=O) groups is 1. The van der Waals surface area contributed by atoms with Crippen LogP contribution in [0.25, 0.3) is 0 Å². The Morgan fingerprint density at radius 2 is 1.69 bits per heavy atom. The molecule has 3 rings (SSSR count). The molecule has 29 heavy (non-hydrogen) atoms. The average Bonchev–Trinajstić information content (AvgIpc) is 3.00. The Morgan fingerprint density at radius 1 is 1.07 bits per heavy atom. The maximum Gasteiger partial charge on any atom is 0.264 e. The second-order valence-corrected chi connectivity index (χ2v) is 9.58.